The van der Waals surface area contributed by atoms with Gasteiger partial charge in [0, 0.05) is 36.4 Å². The average molecular weight is 837 g/mol. The molecule has 5 nitrogen and oxygen atoms in total. The van der Waals surface area contributed by atoms with E-state index in [9.17, 15) is 5.26 Å². The Hall–Kier alpha value is -5.34. The number of nitriles is 1. The van der Waals surface area contributed by atoms with Crippen LogP contribution in [0.1, 0.15) is 48.4 Å². The maximum atomic E-state index is 10.0. The zero-order valence-electron chi connectivity index (χ0n) is 35.5. The first-order valence-corrected chi connectivity index (χ1v) is 15.7. The van der Waals surface area contributed by atoms with Gasteiger partial charge in [-0.2, -0.15) is 35.6 Å². The van der Waals surface area contributed by atoms with E-state index >= 15 is 0 Å². The third-order valence-corrected chi connectivity index (χ3v) is 7.96. The minimum atomic E-state index is -2.54. The largest absolute Gasteiger partial charge is 3.00 e. The summed E-state index contributed by atoms with van der Waals surface area (Å²) in [6.45, 7) is 0.494. The van der Waals surface area contributed by atoms with Crippen molar-refractivity contribution in [3.63, 3.8) is 0 Å². The number of imidazole rings is 1. The fourth-order valence-electron chi connectivity index (χ4n) is 5.80. The van der Waals surface area contributed by atoms with Crippen LogP contribution < -0.4 is 4.57 Å². The Labute approximate surface area is 318 Å². The van der Waals surface area contributed by atoms with E-state index in [1.807, 2.05) is 72.8 Å². The average Bonchev–Trinajstić information content (AvgIpc) is 3.83. The van der Waals surface area contributed by atoms with Crippen LogP contribution in [-0.2, 0) is 33.5 Å². The summed E-state index contributed by atoms with van der Waals surface area (Å²) < 4.78 is 72.7. The molecule has 6 heteroatoms. The standard InChI is InChI=1S/C34H27N2O.C10H9N2.Ir/c1-21-20-36-30(17-26(21)18-34(2,3)4)29-11-7-10-27-28-15-14-25(19-35)31(33(28)37-32(27)29)24-13-12-22-8-5-6-9-23(22)16-24;1-11-7-8-12(9-11)10-5-3-2-4-6-10;/h5-10,12-17,20H,18H2,1-4H3;2-5,7-8H,1H3;/q2*-1;+3/i1D3,18D2;1D3;. The summed E-state index contributed by atoms with van der Waals surface area (Å²) in [5.74, 6) is 0. The first-order valence-electron chi connectivity index (χ1n) is 19.7. The van der Waals surface area contributed by atoms with Crippen LogP contribution in [0, 0.1) is 42.1 Å². The minimum Gasteiger partial charge on any atom is -0.500 e. The summed E-state index contributed by atoms with van der Waals surface area (Å²) in [5, 5.41) is 13.8. The van der Waals surface area contributed by atoms with Gasteiger partial charge in [0.15, 0.2) is 0 Å². The molecule has 246 valence electrons. The molecule has 0 aliphatic rings. The first kappa shape index (κ1) is 25.6. The SMILES string of the molecule is [2H]C([2H])([2H])[n+]1[c-]n(-c2[c-]cccc2)cc1.[2H]C([2H])([2H])c1cnc(-c2[c-]ccc3c2oc2c(-c4ccc5ccccc5c4)c(C#N)ccc23)cc1C([2H])([2H])C(C)(C)C.[Ir+3]. The summed E-state index contributed by atoms with van der Waals surface area (Å²) in [5.41, 5.74) is 3.67. The molecule has 3 aromatic heterocycles. The summed E-state index contributed by atoms with van der Waals surface area (Å²) in [4.78, 5) is 4.47. The Kier molecular flexibility index (Phi) is 7.30. The summed E-state index contributed by atoms with van der Waals surface area (Å²) in [6.07, 6.45) is 5.08. The van der Waals surface area contributed by atoms with Gasteiger partial charge < -0.3 is 18.5 Å². The number of nitrogens with zero attached hydrogens (tertiary/aromatic N) is 4. The topological polar surface area (TPSA) is 58.6 Å². The Bertz CT molecular complexity index is 2810. The van der Waals surface area contributed by atoms with Crippen molar-refractivity contribution in [1.82, 2.24) is 9.55 Å². The van der Waals surface area contributed by atoms with Crippen molar-refractivity contribution in [3.8, 4) is 34.1 Å². The number of hydrogen-bond acceptors (Lipinski definition) is 3. The number of rotatable bonds is 4. The number of benzene rings is 5. The summed E-state index contributed by atoms with van der Waals surface area (Å²) in [6, 6.07) is 38.7. The number of para-hydroxylation sites is 1. The van der Waals surface area contributed by atoms with Crippen molar-refractivity contribution in [2.24, 2.45) is 12.4 Å². The molecular weight excluding hydrogens is 793 g/mol. The fraction of sp³-hybridized carbons (Fsp3) is 0.159. The molecule has 0 atom stereocenters. The van der Waals surface area contributed by atoms with Crippen LogP contribution in [0.4, 0.5) is 0 Å². The molecule has 5 aromatic carbocycles. The molecule has 0 spiro atoms. The number of furan rings is 1. The van der Waals surface area contributed by atoms with Crippen molar-refractivity contribution in [2.45, 2.75) is 34.0 Å². The van der Waals surface area contributed by atoms with E-state index in [0.717, 1.165) is 37.4 Å². The molecule has 0 fully saturated rings. The Balaban J connectivity index is 0.000000298. The molecule has 0 saturated carbocycles. The van der Waals surface area contributed by atoms with Crippen molar-refractivity contribution >= 4 is 32.7 Å². The zero-order valence-corrected chi connectivity index (χ0v) is 29.9. The molecule has 0 unspecified atom stereocenters. The van der Waals surface area contributed by atoms with Crippen molar-refractivity contribution in [3.05, 3.63) is 151 Å². The van der Waals surface area contributed by atoms with Crippen molar-refractivity contribution in [1.29, 1.82) is 5.26 Å². The molecule has 3 heterocycles. The monoisotopic (exact) mass is 837 g/mol. The van der Waals surface area contributed by atoms with Crippen LogP contribution in [-0.4, -0.2) is 9.55 Å². The molecule has 0 bridgehead atoms. The number of pyridine rings is 1. The van der Waals surface area contributed by atoms with Gasteiger partial charge in [0.1, 0.15) is 5.58 Å². The van der Waals surface area contributed by atoms with Gasteiger partial charge in [0.25, 0.3) is 0 Å². The van der Waals surface area contributed by atoms with Crippen molar-refractivity contribution < 1.29 is 40.1 Å². The summed E-state index contributed by atoms with van der Waals surface area (Å²) >= 11 is 0. The Morgan fingerprint density at radius 3 is 2.50 bits per heavy atom. The fourth-order valence-corrected chi connectivity index (χ4v) is 5.80. The van der Waals surface area contributed by atoms with Gasteiger partial charge in [-0.1, -0.05) is 91.5 Å². The third-order valence-electron chi connectivity index (χ3n) is 7.96. The summed E-state index contributed by atoms with van der Waals surface area (Å²) in [7, 11) is 0. The molecule has 0 N–H and O–H groups in total. The molecule has 8 rings (SSSR count). The van der Waals surface area contributed by atoms with Gasteiger partial charge >= 0.3 is 20.1 Å². The van der Waals surface area contributed by atoms with Gasteiger partial charge in [0.2, 0.25) is 6.33 Å². The van der Waals surface area contributed by atoms with E-state index in [1.165, 1.54) is 18.5 Å². The van der Waals surface area contributed by atoms with Gasteiger partial charge in [0.05, 0.1) is 28.3 Å². The molecule has 0 aliphatic heterocycles. The minimum absolute atomic E-state index is 0. The number of fused-ring (bicyclic) bond motifs is 4. The van der Waals surface area contributed by atoms with E-state index in [-0.39, 0.29) is 31.2 Å². The molecule has 0 aliphatic carbocycles. The van der Waals surface area contributed by atoms with Gasteiger partial charge in [-0.05, 0) is 58.4 Å². The molecule has 50 heavy (non-hydrogen) atoms. The van der Waals surface area contributed by atoms with E-state index in [1.54, 1.807) is 49.7 Å². The molecular formula is C44H36IrN4O+. The molecule has 8 aromatic rings. The predicted molar refractivity (Wildman–Crippen MR) is 196 cm³/mol. The Morgan fingerprint density at radius 2 is 1.76 bits per heavy atom. The maximum Gasteiger partial charge on any atom is 3.00 e. The maximum absolute atomic E-state index is 10.0. The third kappa shape index (κ3) is 7.02. The van der Waals surface area contributed by atoms with Crippen LogP contribution in [0.25, 0.3) is 60.8 Å². The second-order valence-corrected chi connectivity index (χ2v) is 12.6. The first-order chi connectivity index (χ1) is 26.9. The van der Waals surface area contributed by atoms with Crippen molar-refractivity contribution in [2.75, 3.05) is 0 Å². The smallest absolute Gasteiger partial charge is 0.500 e. The van der Waals surface area contributed by atoms with E-state index < -0.39 is 25.6 Å². The van der Waals surface area contributed by atoms with E-state index in [2.05, 4.69) is 29.5 Å². The molecule has 0 amide bonds. The molecule has 0 saturated heterocycles. The van der Waals surface area contributed by atoms with Gasteiger partial charge in [-0.15, -0.1) is 18.2 Å². The van der Waals surface area contributed by atoms with Crippen LogP contribution >= 0.6 is 0 Å². The van der Waals surface area contributed by atoms with Gasteiger partial charge in [-0.25, -0.2) is 0 Å². The number of hydrogen-bond donors (Lipinski definition) is 0. The Morgan fingerprint density at radius 1 is 0.940 bits per heavy atom. The molecule has 0 radical (unpaired) electrons. The second-order valence-electron chi connectivity index (χ2n) is 12.6. The quantitative estimate of drug-likeness (QED) is 0.131. The van der Waals surface area contributed by atoms with Crippen LogP contribution in [0.2, 0.25) is 0 Å². The van der Waals surface area contributed by atoms with Crippen LogP contribution in [0.5, 0.6) is 0 Å². The van der Waals surface area contributed by atoms with E-state index in [0.29, 0.717) is 33.6 Å². The van der Waals surface area contributed by atoms with E-state index in [4.69, 9.17) is 15.4 Å². The normalized spacial score (nSPS) is 14.4. The number of aromatic nitrogens is 3. The van der Waals surface area contributed by atoms with Crippen LogP contribution in [0.3, 0.4) is 0 Å². The second kappa shape index (κ2) is 14.3. The van der Waals surface area contributed by atoms with Crippen LogP contribution in [0.15, 0.2) is 120 Å². The van der Waals surface area contributed by atoms with Gasteiger partial charge in [-0.3, -0.25) is 0 Å². The zero-order chi connectivity index (χ0) is 40.9. The predicted octanol–water partition coefficient (Wildman–Crippen LogP) is 9.94. The number of aryl methyl sites for hydroxylation is 2.